The van der Waals surface area contributed by atoms with Crippen molar-refractivity contribution in [2.75, 3.05) is 30.3 Å². The van der Waals surface area contributed by atoms with E-state index >= 15 is 0 Å². The third-order valence-electron chi connectivity index (χ3n) is 6.96. The van der Waals surface area contributed by atoms with E-state index in [2.05, 4.69) is 5.32 Å². The van der Waals surface area contributed by atoms with Gasteiger partial charge < -0.3 is 15.0 Å². The molecular formula is C32H41N3O5S2. The van der Waals surface area contributed by atoms with Crippen molar-refractivity contribution in [1.29, 1.82) is 0 Å². The molecule has 0 spiro atoms. The number of hydrogen-bond donors (Lipinski definition) is 1. The SMILES string of the molecule is CCCCNC(=O)C(C)N(Cc1ccccc1C)C(=O)CN(c1ccccc1OCC)S(=O)(=O)c1ccc(SC)cc1. The van der Waals surface area contributed by atoms with Crippen LogP contribution in [0, 0.1) is 6.92 Å². The van der Waals surface area contributed by atoms with Gasteiger partial charge in [0.25, 0.3) is 10.0 Å². The van der Waals surface area contributed by atoms with Gasteiger partial charge in [-0.25, -0.2) is 8.42 Å². The maximum atomic E-state index is 14.2. The van der Waals surface area contributed by atoms with Crippen LogP contribution in [0.5, 0.6) is 5.75 Å². The van der Waals surface area contributed by atoms with E-state index in [4.69, 9.17) is 4.74 Å². The second kappa shape index (κ2) is 15.7. The molecule has 0 saturated carbocycles. The van der Waals surface area contributed by atoms with E-state index < -0.39 is 28.5 Å². The Morgan fingerprint density at radius 1 is 0.976 bits per heavy atom. The first-order valence-corrected chi connectivity index (χ1v) is 16.8. The number of nitrogens with zero attached hydrogens (tertiary/aromatic N) is 2. The van der Waals surface area contributed by atoms with E-state index in [0.717, 1.165) is 33.2 Å². The number of aryl methyl sites for hydroxylation is 1. The maximum absolute atomic E-state index is 14.2. The van der Waals surface area contributed by atoms with Gasteiger partial charge in [-0.2, -0.15) is 0 Å². The van der Waals surface area contributed by atoms with Gasteiger partial charge >= 0.3 is 0 Å². The number of thioether (sulfide) groups is 1. The molecule has 0 aliphatic carbocycles. The van der Waals surface area contributed by atoms with Gasteiger partial charge in [0.15, 0.2) is 0 Å². The van der Waals surface area contributed by atoms with Crippen LogP contribution in [0.4, 0.5) is 5.69 Å². The van der Waals surface area contributed by atoms with Crippen LogP contribution >= 0.6 is 11.8 Å². The lowest BCUT2D eigenvalue weighted by molar-refractivity contribution is -0.139. The highest BCUT2D eigenvalue weighted by Gasteiger charge is 2.34. The van der Waals surface area contributed by atoms with Crippen molar-refractivity contribution in [1.82, 2.24) is 10.2 Å². The molecule has 0 aliphatic heterocycles. The molecule has 0 aliphatic rings. The van der Waals surface area contributed by atoms with Crippen LogP contribution in [0.3, 0.4) is 0 Å². The molecule has 0 bridgehead atoms. The number of nitrogens with one attached hydrogen (secondary N) is 1. The fourth-order valence-electron chi connectivity index (χ4n) is 4.42. The summed E-state index contributed by atoms with van der Waals surface area (Å²) in [7, 11) is -4.20. The normalized spacial score (nSPS) is 11.9. The summed E-state index contributed by atoms with van der Waals surface area (Å²) in [5.41, 5.74) is 2.09. The molecule has 0 aromatic heterocycles. The fraction of sp³-hybridized carbons (Fsp3) is 0.375. The Bertz CT molecular complexity index is 1440. The van der Waals surface area contributed by atoms with E-state index in [9.17, 15) is 18.0 Å². The molecule has 10 heteroatoms. The number of unbranched alkanes of at least 4 members (excludes halogenated alkanes) is 1. The molecule has 8 nitrogen and oxygen atoms in total. The third kappa shape index (κ3) is 8.29. The third-order valence-corrected chi connectivity index (χ3v) is 9.48. The highest BCUT2D eigenvalue weighted by Crippen LogP contribution is 2.33. The first-order chi connectivity index (χ1) is 20.1. The Labute approximate surface area is 254 Å². The molecule has 0 radical (unpaired) electrons. The molecule has 1 N–H and O–H groups in total. The summed E-state index contributed by atoms with van der Waals surface area (Å²) in [5, 5.41) is 2.91. The van der Waals surface area contributed by atoms with Gasteiger partial charge in [0.2, 0.25) is 11.8 Å². The number of hydrogen-bond acceptors (Lipinski definition) is 6. The minimum Gasteiger partial charge on any atom is -0.492 e. The summed E-state index contributed by atoms with van der Waals surface area (Å²) in [6, 6.07) is 20.1. The Hall–Kier alpha value is -3.50. The predicted octanol–water partition coefficient (Wildman–Crippen LogP) is 5.64. The average molecular weight is 612 g/mol. The molecule has 2 amide bonds. The first-order valence-electron chi connectivity index (χ1n) is 14.1. The van der Waals surface area contributed by atoms with Crippen molar-refractivity contribution >= 4 is 39.3 Å². The highest BCUT2D eigenvalue weighted by molar-refractivity contribution is 7.98. The molecule has 0 saturated heterocycles. The summed E-state index contributed by atoms with van der Waals surface area (Å²) in [5.74, 6) is -0.456. The molecule has 0 fully saturated rings. The first kappa shape index (κ1) is 33.0. The second-order valence-electron chi connectivity index (χ2n) is 9.86. The zero-order valence-corrected chi connectivity index (χ0v) is 26.6. The molecular weight excluding hydrogens is 571 g/mol. The zero-order chi connectivity index (χ0) is 30.7. The number of sulfonamides is 1. The van der Waals surface area contributed by atoms with E-state index in [0.29, 0.717) is 18.9 Å². The maximum Gasteiger partial charge on any atom is 0.264 e. The monoisotopic (exact) mass is 611 g/mol. The van der Waals surface area contributed by atoms with Crippen LogP contribution in [0.2, 0.25) is 0 Å². The van der Waals surface area contributed by atoms with Crippen LogP contribution in [0.1, 0.15) is 44.7 Å². The molecule has 3 aromatic carbocycles. The van der Waals surface area contributed by atoms with Crippen LogP contribution in [-0.4, -0.2) is 57.1 Å². The minimum absolute atomic E-state index is 0.0511. The Morgan fingerprint density at radius 2 is 1.64 bits per heavy atom. The second-order valence-corrected chi connectivity index (χ2v) is 12.6. The van der Waals surface area contributed by atoms with Crippen molar-refractivity contribution in [3.05, 3.63) is 83.9 Å². The van der Waals surface area contributed by atoms with Crippen LogP contribution < -0.4 is 14.4 Å². The number of benzene rings is 3. The van der Waals surface area contributed by atoms with Gasteiger partial charge in [0, 0.05) is 18.0 Å². The van der Waals surface area contributed by atoms with Crippen LogP contribution in [-0.2, 0) is 26.2 Å². The molecule has 42 heavy (non-hydrogen) atoms. The number of anilines is 1. The van der Waals surface area contributed by atoms with Crippen molar-refractivity contribution in [3.8, 4) is 5.75 Å². The average Bonchev–Trinajstić information content (AvgIpc) is 2.99. The number of carbonyl (C=O) groups is 2. The van der Waals surface area contributed by atoms with Gasteiger partial charge in [0.05, 0.1) is 17.2 Å². The van der Waals surface area contributed by atoms with Gasteiger partial charge in [0.1, 0.15) is 18.3 Å². The Balaban J connectivity index is 2.07. The lowest BCUT2D eigenvalue weighted by Crippen LogP contribution is -2.51. The summed E-state index contributed by atoms with van der Waals surface area (Å²) in [6.45, 7) is 7.91. The molecule has 3 rings (SSSR count). The summed E-state index contributed by atoms with van der Waals surface area (Å²) < 4.78 is 35.2. The van der Waals surface area contributed by atoms with Gasteiger partial charge in [-0.05, 0) is 81.0 Å². The molecule has 3 aromatic rings. The Kier molecular flexibility index (Phi) is 12.3. The van der Waals surface area contributed by atoms with Crippen molar-refractivity contribution in [2.45, 2.75) is 62.9 Å². The fourth-order valence-corrected chi connectivity index (χ4v) is 6.25. The Morgan fingerprint density at radius 3 is 2.29 bits per heavy atom. The van der Waals surface area contributed by atoms with Gasteiger partial charge in [-0.15, -0.1) is 11.8 Å². The summed E-state index contributed by atoms with van der Waals surface area (Å²) in [6.07, 6.45) is 3.65. The molecule has 0 heterocycles. The lowest BCUT2D eigenvalue weighted by Gasteiger charge is -2.32. The largest absolute Gasteiger partial charge is 0.492 e. The molecule has 1 unspecified atom stereocenters. The van der Waals surface area contributed by atoms with E-state index in [1.807, 2.05) is 51.3 Å². The number of carbonyl (C=O) groups excluding carboxylic acids is 2. The number of rotatable bonds is 15. The quantitative estimate of drug-likeness (QED) is 0.176. The molecule has 226 valence electrons. The number of ether oxygens (including phenoxy) is 1. The van der Waals surface area contributed by atoms with Crippen molar-refractivity contribution in [3.63, 3.8) is 0 Å². The molecule has 1 atom stereocenters. The number of amides is 2. The number of para-hydroxylation sites is 2. The smallest absolute Gasteiger partial charge is 0.264 e. The predicted molar refractivity (Wildman–Crippen MR) is 169 cm³/mol. The van der Waals surface area contributed by atoms with E-state index in [1.54, 1.807) is 43.3 Å². The standard InChI is InChI=1S/C32H41N3O5S2/c1-6-8-21-33-32(37)25(4)34(22-26-14-10-9-13-24(26)3)31(36)23-35(29-15-11-12-16-30(29)40-7-2)42(38,39)28-19-17-27(41-5)18-20-28/h9-20,25H,6-8,21-23H2,1-5H3,(H,33,37). The summed E-state index contributed by atoms with van der Waals surface area (Å²) >= 11 is 1.50. The summed E-state index contributed by atoms with van der Waals surface area (Å²) in [4.78, 5) is 29.7. The topological polar surface area (TPSA) is 96.0 Å². The van der Waals surface area contributed by atoms with E-state index in [1.165, 1.54) is 28.8 Å². The van der Waals surface area contributed by atoms with Crippen LogP contribution in [0.25, 0.3) is 0 Å². The van der Waals surface area contributed by atoms with Crippen LogP contribution in [0.15, 0.2) is 82.6 Å². The van der Waals surface area contributed by atoms with E-state index in [-0.39, 0.29) is 23.0 Å². The van der Waals surface area contributed by atoms with Gasteiger partial charge in [-0.1, -0.05) is 49.7 Å². The minimum atomic E-state index is -4.20. The van der Waals surface area contributed by atoms with Crippen molar-refractivity contribution in [2.24, 2.45) is 0 Å². The van der Waals surface area contributed by atoms with Gasteiger partial charge in [-0.3, -0.25) is 13.9 Å². The zero-order valence-electron chi connectivity index (χ0n) is 25.0. The highest BCUT2D eigenvalue weighted by atomic mass is 32.2. The van der Waals surface area contributed by atoms with Crippen molar-refractivity contribution < 1.29 is 22.7 Å². The lowest BCUT2D eigenvalue weighted by atomic mass is 10.1.